The van der Waals surface area contributed by atoms with E-state index in [9.17, 15) is 9.59 Å². The molecule has 0 atom stereocenters. The average Bonchev–Trinajstić information content (AvgIpc) is 3.18. The Morgan fingerprint density at radius 2 is 1.96 bits per heavy atom. The molecule has 1 aromatic carbocycles. The highest BCUT2D eigenvalue weighted by molar-refractivity contribution is 6.01. The zero-order valence-corrected chi connectivity index (χ0v) is 15.1. The van der Waals surface area contributed by atoms with Crippen LogP contribution in [0.5, 0.6) is 5.75 Å². The summed E-state index contributed by atoms with van der Waals surface area (Å²) in [6.07, 6.45) is 3.43. The van der Waals surface area contributed by atoms with Gasteiger partial charge in [-0.3, -0.25) is 9.59 Å². The van der Waals surface area contributed by atoms with Gasteiger partial charge in [0.05, 0.1) is 17.5 Å². The van der Waals surface area contributed by atoms with Gasteiger partial charge in [0.2, 0.25) is 5.82 Å². The van der Waals surface area contributed by atoms with Crippen LogP contribution in [-0.2, 0) is 0 Å². The summed E-state index contributed by atoms with van der Waals surface area (Å²) in [5.41, 5.74) is 0.715. The van der Waals surface area contributed by atoms with Gasteiger partial charge < -0.3 is 14.2 Å². The van der Waals surface area contributed by atoms with Gasteiger partial charge in [-0.2, -0.15) is 4.98 Å². The largest absolute Gasteiger partial charge is 0.486 e. The highest BCUT2D eigenvalue weighted by Gasteiger charge is 2.37. The van der Waals surface area contributed by atoms with Crippen LogP contribution in [0.15, 0.2) is 45.8 Å². The minimum atomic E-state index is -0.433. The molecule has 0 saturated carbocycles. The third-order valence-corrected chi connectivity index (χ3v) is 5.11. The highest BCUT2D eigenvalue weighted by atomic mass is 16.5. The van der Waals surface area contributed by atoms with Crippen molar-refractivity contribution in [3.8, 4) is 28.6 Å². The number of aromatic amines is 1. The van der Waals surface area contributed by atoms with Gasteiger partial charge in [-0.05, 0) is 43.2 Å². The summed E-state index contributed by atoms with van der Waals surface area (Å²) in [5, 5.41) is 3.88. The molecule has 7 nitrogen and oxygen atoms in total. The summed E-state index contributed by atoms with van der Waals surface area (Å²) in [6, 6.07) is 8.56. The fourth-order valence-corrected chi connectivity index (χ4v) is 3.32. The lowest BCUT2D eigenvalue weighted by Crippen LogP contribution is -2.40. The third-order valence-electron chi connectivity index (χ3n) is 5.11. The van der Waals surface area contributed by atoms with Crippen LogP contribution in [0.2, 0.25) is 0 Å². The molecule has 1 aliphatic heterocycles. The standard InChI is InChI=1S/C20H19N3O4/c1-3-20(4-2)11-15(24)14-10-12(7-8-16(14)26-20)19-22-17(23-27-19)13-6-5-9-21-18(13)25/h5-10H,3-4,11H2,1-2H3,(H,21,25). The molecule has 0 amide bonds. The van der Waals surface area contributed by atoms with E-state index in [0.717, 1.165) is 12.8 Å². The fourth-order valence-electron chi connectivity index (χ4n) is 3.32. The molecular formula is C20H19N3O4. The van der Waals surface area contributed by atoms with E-state index in [1.54, 1.807) is 30.3 Å². The van der Waals surface area contributed by atoms with Crippen molar-refractivity contribution in [2.24, 2.45) is 0 Å². The molecule has 4 rings (SSSR count). The van der Waals surface area contributed by atoms with Crippen LogP contribution in [-0.4, -0.2) is 26.5 Å². The number of fused-ring (bicyclic) bond motifs is 1. The van der Waals surface area contributed by atoms with Crippen LogP contribution in [0.4, 0.5) is 0 Å². The normalized spacial score (nSPS) is 15.3. The Morgan fingerprint density at radius 1 is 1.15 bits per heavy atom. The molecule has 7 heteroatoms. The van der Waals surface area contributed by atoms with Crippen LogP contribution in [0.3, 0.4) is 0 Å². The molecule has 0 saturated heterocycles. The first-order valence-corrected chi connectivity index (χ1v) is 8.93. The van der Waals surface area contributed by atoms with Gasteiger partial charge in [0, 0.05) is 11.8 Å². The maximum absolute atomic E-state index is 12.7. The second-order valence-corrected chi connectivity index (χ2v) is 6.64. The molecule has 3 heterocycles. The van der Waals surface area contributed by atoms with E-state index in [0.29, 0.717) is 28.9 Å². The predicted octanol–water partition coefficient (Wildman–Crippen LogP) is 3.62. The van der Waals surface area contributed by atoms with Crippen LogP contribution >= 0.6 is 0 Å². The van der Waals surface area contributed by atoms with Crippen molar-refractivity contribution in [1.82, 2.24) is 15.1 Å². The van der Waals surface area contributed by atoms with Gasteiger partial charge in [-0.15, -0.1) is 0 Å². The minimum Gasteiger partial charge on any atom is -0.486 e. The number of ether oxygens (including phenoxy) is 1. The molecule has 2 aromatic heterocycles. The predicted molar refractivity (Wildman–Crippen MR) is 98.7 cm³/mol. The monoisotopic (exact) mass is 365 g/mol. The van der Waals surface area contributed by atoms with E-state index < -0.39 is 5.60 Å². The molecule has 138 valence electrons. The molecule has 1 aliphatic rings. The average molecular weight is 365 g/mol. The molecule has 0 aliphatic carbocycles. The fraction of sp³-hybridized carbons (Fsp3) is 0.300. The molecule has 0 spiro atoms. The zero-order chi connectivity index (χ0) is 19.0. The SMILES string of the molecule is CCC1(CC)CC(=O)c2cc(-c3nc(-c4ccc[nH]c4=O)no3)ccc2O1. The number of nitrogens with one attached hydrogen (secondary N) is 1. The van der Waals surface area contributed by atoms with Crippen molar-refractivity contribution in [3.63, 3.8) is 0 Å². The number of rotatable bonds is 4. The maximum Gasteiger partial charge on any atom is 0.259 e. The molecule has 0 radical (unpaired) electrons. The number of nitrogens with zero attached hydrogens (tertiary/aromatic N) is 2. The highest BCUT2D eigenvalue weighted by Crippen LogP contribution is 2.38. The summed E-state index contributed by atoms with van der Waals surface area (Å²) in [7, 11) is 0. The van der Waals surface area contributed by atoms with E-state index >= 15 is 0 Å². The summed E-state index contributed by atoms with van der Waals surface area (Å²) < 4.78 is 11.4. The van der Waals surface area contributed by atoms with E-state index in [4.69, 9.17) is 9.26 Å². The van der Waals surface area contributed by atoms with Gasteiger partial charge >= 0.3 is 0 Å². The van der Waals surface area contributed by atoms with Crippen molar-refractivity contribution in [2.75, 3.05) is 0 Å². The summed E-state index contributed by atoms with van der Waals surface area (Å²) in [5.74, 6) is 1.06. The van der Waals surface area contributed by atoms with E-state index in [1.165, 1.54) is 6.20 Å². The van der Waals surface area contributed by atoms with Gasteiger partial charge in [-0.1, -0.05) is 19.0 Å². The number of carbonyl (C=O) groups is 1. The number of aromatic nitrogens is 3. The lowest BCUT2D eigenvalue weighted by molar-refractivity contribution is 0.0350. The van der Waals surface area contributed by atoms with E-state index in [1.807, 2.05) is 13.8 Å². The summed E-state index contributed by atoms with van der Waals surface area (Å²) >= 11 is 0. The van der Waals surface area contributed by atoms with E-state index in [2.05, 4.69) is 15.1 Å². The smallest absolute Gasteiger partial charge is 0.259 e. The van der Waals surface area contributed by atoms with Crippen molar-refractivity contribution < 1.29 is 14.1 Å². The molecule has 3 aromatic rings. The number of hydrogen-bond acceptors (Lipinski definition) is 6. The van der Waals surface area contributed by atoms with Crippen LogP contribution in [0.25, 0.3) is 22.8 Å². The third kappa shape index (κ3) is 2.95. The summed E-state index contributed by atoms with van der Waals surface area (Å²) in [4.78, 5) is 31.4. The first kappa shape index (κ1) is 17.2. The van der Waals surface area contributed by atoms with Crippen molar-refractivity contribution >= 4 is 5.78 Å². The van der Waals surface area contributed by atoms with Gasteiger partial charge in [0.1, 0.15) is 11.4 Å². The van der Waals surface area contributed by atoms with E-state index in [-0.39, 0.29) is 23.1 Å². The number of hydrogen-bond donors (Lipinski definition) is 1. The molecule has 1 N–H and O–H groups in total. The number of carbonyl (C=O) groups excluding carboxylic acids is 1. The Balaban J connectivity index is 1.70. The maximum atomic E-state index is 12.7. The number of H-pyrrole nitrogens is 1. The molecule has 0 bridgehead atoms. The zero-order valence-electron chi connectivity index (χ0n) is 15.1. The summed E-state index contributed by atoms with van der Waals surface area (Å²) in [6.45, 7) is 4.06. The Kier molecular flexibility index (Phi) is 4.14. The van der Waals surface area contributed by atoms with Gasteiger partial charge in [0.15, 0.2) is 5.78 Å². The number of Topliss-reactive ketones (excluding diaryl/α,β-unsaturated/α-hetero) is 1. The Hall–Kier alpha value is -3.22. The molecule has 0 fully saturated rings. The lowest BCUT2D eigenvalue weighted by atomic mass is 9.85. The second kappa shape index (κ2) is 6.50. The molecule has 0 unspecified atom stereocenters. The number of pyridine rings is 1. The number of ketones is 1. The molecular weight excluding hydrogens is 346 g/mol. The Labute approximate surface area is 155 Å². The lowest BCUT2D eigenvalue weighted by Gasteiger charge is -2.36. The van der Waals surface area contributed by atoms with Crippen molar-refractivity contribution in [3.05, 3.63) is 52.4 Å². The Bertz CT molecular complexity index is 1060. The number of benzene rings is 1. The van der Waals surface area contributed by atoms with Crippen molar-refractivity contribution in [1.29, 1.82) is 0 Å². The van der Waals surface area contributed by atoms with Gasteiger partial charge in [0.25, 0.3) is 11.4 Å². The molecule has 27 heavy (non-hydrogen) atoms. The second-order valence-electron chi connectivity index (χ2n) is 6.64. The first-order valence-electron chi connectivity index (χ1n) is 8.93. The Morgan fingerprint density at radius 3 is 2.70 bits per heavy atom. The van der Waals surface area contributed by atoms with Gasteiger partial charge in [-0.25, -0.2) is 0 Å². The quantitative estimate of drug-likeness (QED) is 0.758. The minimum absolute atomic E-state index is 0.0426. The van der Waals surface area contributed by atoms with Crippen molar-refractivity contribution in [2.45, 2.75) is 38.7 Å². The van der Waals surface area contributed by atoms with Crippen LogP contribution in [0, 0.1) is 0 Å². The van der Waals surface area contributed by atoms with Crippen LogP contribution in [0.1, 0.15) is 43.5 Å². The first-order chi connectivity index (χ1) is 13.0. The topological polar surface area (TPSA) is 98.1 Å². The van der Waals surface area contributed by atoms with Crippen LogP contribution < -0.4 is 10.3 Å².